The van der Waals surface area contributed by atoms with Crippen LogP contribution in [-0.2, 0) is 19.7 Å². The maximum atomic E-state index is 12.9. The Morgan fingerprint density at radius 3 is 2.61 bits per heavy atom. The maximum absolute atomic E-state index is 12.9. The first-order valence-electron chi connectivity index (χ1n) is 9.24. The Morgan fingerprint density at radius 2 is 1.89 bits per heavy atom. The van der Waals surface area contributed by atoms with Crippen molar-refractivity contribution in [1.29, 1.82) is 0 Å². The number of carbonyl (C=O) groups excluding carboxylic acids is 3. The zero-order chi connectivity index (χ0) is 20.5. The average Bonchev–Trinajstić information content (AvgIpc) is 2.83. The molecule has 0 atom stereocenters. The molecule has 0 spiro atoms. The molecular formula is C22H24N2O4. The van der Waals surface area contributed by atoms with Gasteiger partial charge in [-0.3, -0.25) is 9.59 Å². The smallest absolute Gasteiger partial charge is 0.338 e. The van der Waals surface area contributed by atoms with Crippen molar-refractivity contribution in [2.75, 3.05) is 23.4 Å². The lowest BCUT2D eigenvalue weighted by atomic mass is 9.85. The van der Waals surface area contributed by atoms with Crippen LogP contribution in [0.2, 0.25) is 0 Å². The summed E-state index contributed by atoms with van der Waals surface area (Å²) in [4.78, 5) is 38.8. The largest absolute Gasteiger partial charge is 0.462 e. The van der Waals surface area contributed by atoms with Gasteiger partial charge in [-0.05, 0) is 57.5 Å². The molecule has 2 aromatic rings. The van der Waals surface area contributed by atoms with E-state index in [0.29, 0.717) is 11.3 Å². The zero-order valence-electron chi connectivity index (χ0n) is 16.5. The predicted octanol–water partition coefficient (Wildman–Crippen LogP) is 3.43. The molecule has 0 fully saturated rings. The molecule has 3 rings (SSSR count). The van der Waals surface area contributed by atoms with Gasteiger partial charge in [0.25, 0.3) is 0 Å². The van der Waals surface area contributed by atoms with Crippen molar-refractivity contribution in [1.82, 2.24) is 0 Å². The molecule has 0 aliphatic carbocycles. The molecule has 1 aliphatic heterocycles. The Hall–Kier alpha value is -3.15. The first-order valence-corrected chi connectivity index (χ1v) is 9.24. The van der Waals surface area contributed by atoms with E-state index in [9.17, 15) is 14.4 Å². The highest BCUT2D eigenvalue weighted by atomic mass is 16.5. The van der Waals surface area contributed by atoms with Crippen molar-refractivity contribution >= 4 is 29.2 Å². The van der Waals surface area contributed by atoms with Gasteiger partial charge < -0.3 is 15.0 Å². The number of nitrogens with one attached hydrogen (secondary N) is 1. The van der Waals surface area contributed by atoms with Gasteiger partial charge in [0, 0.05) is 11.4 Å². The van der Waals surface area contributed by atoms with Crippen molar-refractivity contribution < 1.29 is 19.1 Å². The summed E-state index contributed by atoms with van der Waals surface area (Å²) < 4.78 is 4.98. The third-order valence-electron chi connectivity index (χ3n) is 4.86. The third kappa shape index (κ3) is 3.63. The quantitative estimate of drug-likeness (QED) is 0.807. The molecular weight excluding hydrogens is 356 g/mol. The Bertz CT molecular complexity index is 949. The second-order valence-corrected chi connectivity index (χ2v) is 7.39. The van der Waals surface area contributed by atoms with Gasteiger partial charge >= 0.3 is 5.97 Å². The monoisotopic (exact) mass is 380 g/mol. The van der Waals surface area contributed by atoms with E-state index in [4.69, 9.17) is 4.74 Å². The zero-order valence-corrected chi connectivity index (χ0v) is 16.5. The number of ether oxygens (including phenoxy) is 1. The number of nitrogens with zero attached hydrogens (tertiary/aromatic N) is 1. The second-order valence-electron chi connectivity index (χ2n) is 7.39. The van der Waals surface area contributed by atoms with Gasteiger partial charge in [0.05, 0.1) is 17.6 Å². The van der Waals surface area contributed by atoms with Gasteiger partial charge in [0.15, 0.2) is 0 Å². The molecule has 0 bridgehead atoms. The number of amides is 2. The van der Waals surface area contributed by atoms with E-state index in [1.54, 1.807) is 31.2 Å². The minimum Gasteiger partial charge on any atom is -0.462 e. The summed E-state index contributed by atoms with van der Waals surface area (Å²) in [6.07, 6.45) is 0. The van der Waals surface area contributed by atoms with Crippen LogP contribution in [-0.4, -0.2) is 30.9 Å². The highest BCUT2D eigenvalue weighted by Crippen LogP contribution is 2.41. The predicted molar refractivity (Wildman–Crippen MR) is 108 cm³/mol. The number of hydrogen-bond acceptors (Lipinski definition) is 4. The van der Waals surface area contributed by atoms with Gasteiger partial charge in [0.2, 0.25) is 11.8 Å². The van der Waals surface area contributed by atoms with Crippen LogP contribution in [0.3, 0.4) is 0 Å². The summed E-state index contributed by atoms with van der Waals surface area (Å²) in [6.45, 7) is 7.63. The average molecular weight is 380 g/mol. The SMILES string of the molecule is CCOC(=O)c1cccc(NC(=O)CN2C(=O)C(C)(C)c3cc(C)ccc32)c1. The summed E-state index contributed by atoms with van der Waals surface area (Å²) in [5.74, 6) is -0.888. The first kappa shape index (κ1) is 19.6. The van der Waals surface area contributed by atoms with E-state index < -0.39 is 11.4 Å². The van der Waals surface area contributed by atoms with Gasteiger partial charge in [0.1, 0.15) is 6.54 Å². The van der Waals surface area contributed by atoms with E-state index >= 15 is 0 Å². The summed E-state index contributed by atoms with van der Waals surface area (Å²) in [5.41, 5.74) is 2.92. The van der Waals surface area contributed by atoms with E-state index in [0.717, 1.165) is 16.8 Å². The highest BCUT2D eigenvalue weighted by molar-refractivity contribution is 6.11. The first-order chi connectivity index (χ1) is 13.2. The molecule has 0 radical (unpaired) electrons. The fraction of sp³-hybridized carbons (Fsp3) is 0.318. The molecule has 1 heterocycles. The molecule has 0 aromatic heterocycles. The topological polar surface area (TPSA) is 75.7 Å². The summed E-state index contributed by atoms with van der Waals surface area (Å²) in [6, 6.07) is 12.3. The molecule has 0 saturated carbocycles. The van der Waals surface area contributed by atoms with Crippen LogP contribution in [0.1, 0.15) is 42.3 Å². The fourth-order valence-electron chi connectivity index (χ4n) is 3.39. The minimum absolute atomic E-state index is 0.0953. The molecule has 1 N–H and O–H groups in total. The van der Waals surface area contributed by atoms with Crippen LogP contribution in [0.5, 0.6) is 0 Å². The van der Waals surface area contributed by atoms with Crippen LogP contribution >= 0.6 is 0 Å². The minimum atomic E-state index is -0.675. The number of rotatable bonds is 5. The van der Waals surface area contributed by atoms with Crippen molar-refractivity contribution in [2.24, 2.45) is 0 Å². The van der Waals surface area contributed by atoms with Crippen molar-refractivity contribution in [3.63, 3.8) is 0 Å². The van der Waals surface area contributed by atoms with Crippen LogP contribution in [0.4, 0.5) is 11.4 Å². The summed E-state index contributed by atoms with van der Waals surface area (Å²) in [7, 11) is 0. The molecule has 1 aliphatic rings. The summed E-state index contributed by atoms with van der Waals surface area (Å²) >= 11 is 0. The van der Waals surface area contributed by atoms with Crippen molar-refractivity contribution in [3.05, 3.63) is 59.2 Å². The number of aryl methyl sites for hydroxylation is 1. The molecule has 146 valence electrons. The van der Waals surface area contributed by atoms with Crippen LogP contribution in [0, 0.1) is 6.92 Å². The lowest BCUT2D eigenvalue weighted by Gasteiger charge is -2.20. The highest BCUT2D eigenvalue weighted by Gasteiger charge is 2.44. The fourth-order valence-corrected chi connectivity index (χ4v) is 3.39. The lowest BCUT2D eigenvalue weighted by Crippen LogP contribution is -2.40. The van der Waals surface area contributed by atoms with Crippen LogP contribution < -0.4 is 10.2 Å². The molecule has 6 heteroatoms. The van der Waals surface area contributed by atoms with Gasteiger partial charge in [-0.1, -0.05) is 23.8 Å². The van der Waals surface area contributed by atoms with Crippen molar-refractivity contribution in [3.8, 4) is 0 Å². The number of anilines is 2. The van der Waals surface area contributed by atoms with Gasteiger partial charge in [-0.15, -0.1) is 0 Å². The lowest BCUT2D eigenvalue weighted by molar-refractivity contribution is -0.124. The van der Waals surface area contributed by atoms with E-state index in [-0.39, 0.29) is 25.0 Å². The second kappa shape index (κ2) is 7.46. The normalized spacial score (nSPS) is 14.6. The number of esters is 1. The Kier molecular flexibility index (Phi) is 5.23. The van der Waals surface area contributed by atoms with E-state index in [1.165, 1.54) is 4.90 Å². The van der Waals surface area contributed by atoms with Crippen molar-refractivity contribution in [2.45, 2.75) is 33.1 Å². The third-order valence-corrected chi connectivity index (χ3v) is 4.86. The molecule has 2 aromatic carbocycles. The molecule has 0 saturated heterocycles. The van der Waals surface area contributed by atoms with Crippen LogP contribution in [0.15, 0.2) is 42.5 Å². The molecule has 2 amide bonds. The molecule has 28 heavy (non-hydrogen) atoms. The van der Waals surface area contributed by atoms with Gasteiger partial charge in [-0.25, -0.2) is 4.79 Å². The standard InChI is InChI=1S/C22H24N2O4/c1-5-28-20(26)15-7-6-8-16(12-15)23-19(25)13-24-18-10-9-14(2)11-17(18)22(3,4)21(24)27/h6-12H,5,13H2,1-4H3,(H,23,25). The van der Waals surface area contributed by atoms with Gasteiger partial charge in [-0.2, -0.15) is 0 Å². The maximum Gasteiger partial charge on any atom is 0.338 e. The Balaban J connectivity index is 1.77. The molecule has 6 nitrogen and oxygen atoms in total. The van der Waals surface area contributed by atoms with E-state index in [1.807, 2.05) is 39.0 Å². The van der Waals surface area contributed by atoms with E-state index in [2.05, 4.69) is 5.32 Å². The Morgan fingerprint density at radius 1 is 1.14 bits per heavy atom. The number of benzene rings is 2. The van der Waals surface area contributed by atoms with Crippen LogP contribution in [0.25, 0.3) is 0 Å². The summed E-state index contributed by atoms with van der Waals surface area (Å²) in [5, 5.41) is 2.76. The number of carbonyl (C=O) groups is 3. The molecule has 0 unspecified atom stereocenters. The Labute approximate surface area is 164 Å². The number of hydrogen-bond donors (Lipinski definition) is 1. The number of fused-ring (bicyclic) bond motifs is 1.